The third kappa shape index (κ3) is 5.35. The molecule has 0 bridgehead atoms. The van der Waals surface area contributed by atoms with Gasteiger partial charge in [-0.05, 0) is 39.5 Å². The highest BCUT2D eigenvalue weighted by Crippen LogP contribution is 2.18. The molecule has 0 radical (unpaired) electrons. The van der Waals surface area contributed by atoms with Crippen molar-refractivity contribution in [2.75, 3.05) is 13.2 Å². The molecule has 104 valence electrons. The third-order valence-electron chi connectivity index (χ3n) is 2.58. The van der Waals surface area contributed by atoms with Crippen LogP contribution < -0.4 is 5.32 Å². The molecule has 0 aromatic carbocycles. The van der Waals surface area contributed by atoms with Crippen molar-refractivity contribution in [3.8, 4) is 0 Å². The molecule has 0 aliphatic carbocycles. The molecule has 1 rings (SSSR count). The van der Waals surface area contributed by atoms with Crippen LogP contribution in [0.2, 0.25) is 0 Å². The molecule has 0 aromatic heterocycles. The molecule has 1 saturated heterocycles. The lowest BCUT2D eigenvalue weighted by Gasteiger charge is -2.22. The van der Waals surface area contributed by atoms with Crippen LogP contribution in [0.25, 0.3) is 0 Å². The molecule has 1 amide bonds. The van der Waals surface area contributed by atoms with Crippen LogP contribution in [0.1, 0.15) is 33.6 Å². The molecule has 2 N–H and O–H groups in total. The van der Waals surface area contributed by atoms with Crippen molar-refractivity contribution in [1.82, 2.24) is 5.32 Å². The molecule has 6 heteroatoms. The minimum atomic E-state index is -1.05. The fraction of sp³-hybridized carbons (Fsp3) is 0.833. The molecule has 2 atom stereocenters. The average molecular weight is 259 g/mol. The lowest BCUT2D eigenvalue weighted by molar-refractivity contribution is -0.140. The van der Waals surface area contributed by atoms with Crippen molar-refractivity contribution >= 4 is 12.1 Å². The summed E-state index contributed by atoms with van der Waals surface area (Å²) in [7, 11) is 0. The van der Waals surface area contributed by atoms with Crippen LogP contribution in [-0.2, 0) is 14.3 Å². The lowest BCUT2D eigenvalue weighted by Crippen LogP contribution is -2.44. The first-order valence-electron chi connectivity index (χ1n) is 6.08. The summed E-state index contributed by atoms with van der Waals surface area (Å²) >= 11 is 0. The maximum atomic E-state index is 11.5. The standard InChI is InChI=1S/C12H21NO5/c1-12(2,3)18-11(16)13-9(10(14)15)6-8-4-5-17-7-8/h8-9H,4-7H2,1-3H3,(H,13,16)(H,14,15). The van der Waals surface area contributed by atoms with Gasteiger partial charge in [-0.2, -0.15) is 0 Å². The minimum Gasteiger partial charge on any atom is -0.480 e. The highest BCUT2D eigenvalue weighted by molar-refractivity contribution is 5.80. The maximum Gasteiger partial charge on any atom is 0.408 e. The smallest absolute Gasteiger partial charge is 0.408 e. The van der Waals surface area contributed by atoms with Crippen LogP contribution in [0, 0.1) is 5.92 Å². The Morgan fingerprint density at radius 3 is 2.61 bits per heavy atom. The molecule has 0 aromatic rings. The second-order valence-electron chi connectivity index (χ2n) is 5.50. The number of nitrogens with one attached hydrogen (secondary N) is 1. The fourth-order valence-corrected chi connectivity index (χ4v) is 1.77. The second-order valence-corrected chi connectivity index (χ2v) is 5.50. The van der Waals surface area contributed by atoms with Gasteiger partial charge in [0, 0.05) is 13.2 Å². The van der Waals surface area contributed by atoms with Crippen molar-refractivity contribution in [2.45, 2.75) is 45.3 Å². The third-order valence-corrected chi connectivity index (χ3v) is 2.58. The van der Waals surface area contributed by atoms with Crippen LogP contribution >= 0.6 is 0 Å². The van der Waals surface area contributed by atoms with E-state index in [1.807, 2.05) is 0 Å². The summed E-state index contributed by atoms with van der Waals surface area (Å²) in [5.74, 6) is -0.867. The number of alkyl carbamates (subject to hydrolysis) is 1. The van der Waals surface area contributed by atoms with Crippen molar-refractivity contribution in [2.24, 2.45) is 5.92 Å². The van der Waals surface area contributed by atoms with Gasteiger partial charge < -0.3 is 19.9 Å². The molecule has 0 saturated carbocycles. The fourth-order valence-electron chi connectivity index (χ4n) is 1.77. The minimum absolute atomic E-state index is 0.182. The largest absolute Gasteiger partial charge is 0.480 e. The number of carboxylic acids is 1. The van der Waals surface area contributed by atoms with Crippen LogP contribution in [0.4, 0.5) is 4.79 Å². The molecule has 2 unspecified atom stereocenters. The summed E-state index contributed by atoms with van der Waals surface area (Å²) in [6.45, 7) is 6.40. The Kier molecular flexibility index (Phi) is 4.95. The van der Waals surface area contributed by atoms with E-state index in [4.69, 9.17) is 14.6 Å². The van der Waals surface area contributed by atoms with Crippen LogP contribution in [0.3, 0.4) is 0 Å². The molecular formula is C12H21NO5. The quantitative estimate of drug-likeness (QED) is 0.797. The van der Waals surface area contributed by atoms with Gasteiger partial charge in [-0.15, -0.1) is 0 Å². The SMILES string of the molecule is CC(C)(C)OC(=O)NC(CC1CCOC1)C(=O)O. The summed E-state index contributed by atoms with van der Waals surface area (Å²) in [4.78, 5) is 22.6. The summed E-state index contributed by atoms with van der Waals surface area (Å²) in [6, 6.07) is -0.924. The van der Waals surface area contributed by atoms with Crippen LogP contribution in [-0.4, -0.2) is 42.0 Å². The number of aliphatic carboxylic acids is 1. The van der Waals surface area contributed by atoms with Gasteiger partial charge in [-0.1, -0.05) is 0 Å². The molecule has 1 aliphatic rings. The first kappa shape index (κ1) is 14.8. The van der Waals surface area contributed by atoms with E-state index in [2.05, 4.69) is 5.32 Å². The number of hydrogen-bond acceptors (Lipinski definition) is 4. The van der Waals surface area contributed by atoms with E-state index in [-0.39, 0.29) is 5.92 Å². The van der Waals surface area contributed by atoms with E-state index < -0.39 is 23.7 Å². The number of amides is 1. The van der Waals surface area contributed by atoms with Gasteiger partial charge in [0.15, 0.2) is 0 Å². The van der Waals surface area contributed by atoms with Gasteiger partial charge in [0.2, 0.25) is 0 Å². The number of hydrogen-bond donors (Lipinski definition) is 2. The van der Waals surface area contributed by atoms with E-state index in [1.54, 1.807) is 20.8 Å². The zero-order chi connectivity index (χ0) is 13.8. The summed E-state index contributed by atoms with van der Waals surface area (Å²) in [6.07, 6.45) is 0.503. The Hall–Kier alpha value is -1.30. The van der Waals surface area contributed by atoms with Crippen LogP contribution in [0.15, 0.2) is 0 Å². The van der Waals surface area contributed by atoms with Gasteiger partial charge in [0.1, 0.15) is 11.6 Å². The van der Waals surface area contributed by atoms with E-state index >= 15 is 0 Å². The zero-order valence-electron chi connectivity index (χ0n) is 11.1. The Morgan fingerprint density at radius 1 is 1.50 bits per heavy atom. The Bertz CT molecular complexity index is 304. The van der Waals surface area contributed by atoms with Gasteiger partial charge in [0.25, 0.3) is 0 Å². The lowest BCUT2D eigenvalue weighted by atomic mass is 9.99. The van der Waals surface area contributed by atoms with Gasteiger partial charge in [0.05, 0.1) is 0 Å². The van der Waals surface area contributed by atoms with E-state index in [1.165, 1.54) is 0 Å². The van der Waals surface area contributed by atoms with Gasteiger partial charge in [-0.3, -0.25) is 0 Å². The monoisotopic (exact) mass is 259 g/mol. The topological polar surface area (TPSA) is 84.9 Å². The Morgan fingerprint density at radius 2 is 2.17 bits per heavy atom. The Labute approximate surface area is 107 Å². The summed E-state index contributed by atoms with van der Waals surface area (Å²) in [5, 5.41) is 11.5. The van der Waals surface area contributed by atoms with Crippen molar-refractivity contribution in [3.05, 3.63) is 0 Å². The first-order valence-corrected chi connectivity index (χ1v) is 6.08. The molecule has 18 heavy (non-hydrogen) atoms. The number of carboxylic acid groups (broad SMARTS) is 1. The first-order chi connectivity index (χ1) is 8.28. The normalized spacial score (nSPS) is 21.4. The number of carbonyl (C=O) groups is 2. The van der Waals surface area contributed by atoms with Gasteiger partial charge in [-0.25, -0.2) is 9.59 Å². The van der Waals surface area contributed by atoms with Crippen molar-refractivity contribution < 1.29 is 24.2 Å². The number of carbonyl (C=O) groups excluding carboxylic acids is 1. The molecule has 1 aliphatic heterocycles. The number of rotatable bonds is 4. The van der Waals surface area contributed by atoms with Gasteiger partial charge >= 0.3 is 12.1 Å². The Balaban J connectivity index is 2.46. The zero-order valence-corrected chi connectivity index (χ0v) is 11.1. The molecule has 0 spiro atoms. The van der Waals surface area contributed by atoms with E-state index in [0.29, 0.717) is 19.6 Å². The second kappa shape index (κ2) is 6.04. The predicted octanol–water partition coefficient (Wildman–Crippen LogP) is 1.39. The summed E-state index contributed by atoms with van der Waals surface area (Å²) in [5.41, 5.74) is -0.635. The van der Waals surface area contributed by atoms with Crippen molar-refractivity contribution in [3.63, 3.8) is 0 Å². The van der Waals surface area contributed by atoms with Crippen LogP contribution in [0.5, 0.6) is 0 Å². The maximum absolute atomic E-state index is 11.5. The molecule has 1 fully saturated rings. The highest BCUT2D eigenvalue weighted by atomic mass is 16.6. The molecule has 1 heterocycles. The number of ether oxygens (including phenoxy) is 2. The predicted molar refractivity (Wildman–Crippen MR) is 64.3 cm³/mol. The summed E-state index contributed by atoms with van der Waals surface area (Å²) < 4.78 is 10.2. The molecule has 6 nitrogen and oxygen atoms in total. The average Bonchev–Trinajstić information content (AvgIpc) is 2.66. The van der Waals surface area contributed by atoms with E-state index in [0.717, 1.165) is 6.42 Å². The molecular weight excluding hydrogens is 238 g/mol. The van der Waals surface area contributed by atoms with E-state index in [9.17, 15) is 9.59 Å². The van der Waals surface area contributed by atoms with Crippen molar-refractivity contribution in [1.29, 1.82) is 0 Å². The highest BCUT2D eigenvalue weighted by Gasteiger charge is 2.28.